The Morgan fingerprint density at radius 3 is 2.53 bits per heavy atom. The number of furan rings is 1. The van der Waals surface area contributed by atoms with Gasteiger partial charge in [0.05, 0.1) is 20.0 Å². The number of methoxy groups -OCH3 is 1. The first kappa shape index (κ1) is 23.2. The molecule has 174 valence electrons. The molecule has 0 spiro atoms. The summed E-state index contributed by atoms with van der Waals surface area (Å²) in [6, 6.07) is 21.9. The van der Waals surface area contributed by atoms with Crippen LogP contribution >= 0.6 is 0 Å². The van der Waals surface area contributed by atoms with Crippen LogP contribution < -0.4 is 14.8 Å². The van der Waals surface area contributed by atoms with Gasteiger partial charge in [0.15, 0.2) is 0 Å². The smallest absolute Gasteiger partial charge is 0.244 e. The molecule has 0 unspecified atom stereocenters. The van der Waals surface area contributed by atoms with E-state index >= 15 is 0 Å². The van der Waals surface area contributed by atoms with E-state index in [2.05, 4.69) is 17.4 Å². The van der Waals surface area contributed by atoms with Crippen molar-refractivity contribution in [3.8, 4) is 22.6 Å². The number of rotatable bonds is 9. The summed E-state index contributed by atoms with van der Waals surface area (Å²) in [6.07, 6.45) is 4.17. The highest BCUT2D eigenvalue weighted by atomic mass is 16.5. The molecule has 4 rings (SSSR count). The van der Waals surface area contributed by atoms with Crippen LogP contribution in [-0.2, 0) is 11.2 Å². The van der Waals surface area contributed by atoms with Crippen molar-refractivity contribution in [3.63, 3.8) is 0 Å². The lowest BCUT2D eigenvalue weighted by Gasteiger charge is -2.12. The van der Waals surface area contributed by atoms with E-state index in [9.17, 15) is 4.79 Å². The predicted molar refractivity (Wildman–Crippen MR) is 136 cm³/mol. The molecule has 3 aromatic carbocycles. The Labute approximate surface area is 200 Å². The molecule has 34 heavy (non-hydrogen) atoms. The monoisotopic (exact) mass is 455 g/mol. The molecular weight excluding hydrogens is 426 g/mol. The minimum Gasteiger partial charge on any atom is -0.497 e. The normalized spacial score (nSPS) is 11.4. The zero-order valence-electron chi connectivity index (χ0n) is 19.8. The van der Waals surface area contributed by atoms with Gasteiger partial charge < -0.3 is 19.2 Å². The molecule has 0 aliphatic heterocycles. The Balaban J connectivity index is 1.59. The van der Waals surface area contributed by atoms with E-state index < -0.39 is 0 Å². The van der Waals surface area contributed by atoms with Gasteiger partial charge in [-0.1, -0.05) is 42.5 Å². The number of hydrogen-bond donors (Lipinski definition) is 1. The first-order valence-electron chi connectivity index (χ1n) is 11.4. The van der Waals surface area contributed by atoms with Crippen molar-refractivity contribution < 1.29 is 18.7 Å². The number of carbonyl (C=O) groups excluding carboxylic acids is 1. The van der Waals surface area contributed by atoms with Crippen LogP contribution in [-0.4, -0.2) is 26.2 Å². The van der Waals surface area contributed by atoms with Gasteiger partial charge in [-0.2, -0.15) is 0 Å². The van der Waals surface area contributed by atoms with Gasteiger partial charge in [-0.15, -0.1) is 0 Å². The molecule has 0 aliphatic carbocycles. The number of allylic oxidation sites excluding steroid dienone is 1. The number of nitrogens with one attached hydrogen (secondary N) is 1. The summed E-state index contributed by atoms with van der Waals surface area (Å²) >= 11 is 0. The first-order valence-corrected chi connectivity index (χ1v) is 11.4. The molecule has 0 atom stereocenters. The van der Waals surface area contributed by atoms with Crippen LogP contribution in [0.3, 0.4) is 0 Å². The molecule has 1 N–H and O–H groups in total. The molecule has 0 fully saturated rings. The van der Waals surface area contributed by atoms with Crippen LogP contribution in [0.1, 0.15) is 25.0 Å². The summed E-state index contributed by atoms with van der Waals surface area (Å²) in [7, 11) is 1.65. The number of amides is 1. The third kappa shape index (κ3) is 5.31. The predicted octanol–water partition coefficient (Wildman–Crippen LogP) is 6.27. The summed E-state index contributed by atoms with van der Waals surface area (Å²) in [6.45, 7) is 4.95. The van der Waals surface area contributed by atoms with Gasteiger partial charge >= 0.3 is 0 Å². The van der Waals surface area contributed by atoms with Crippen LogP contribution in [0.25, 0.3) is 27.7 Å². The van der Waals surface area contributed by atoms with Crippen LogP contribution in [0, 0.1) is 0 Å². The second-order valence-corrected chi connectivity index (χ2v) is 8.01. The van der Waals surface area contributed by atoms with Gasteiger partial charge in [0, 0.05) is 35.2 Å². The number of hydrogen-bond acceptors (Lipinski definition) is 4. The van der Waals surface area contributed by atoms with Crippen LogP contribution in [0.4, 0.5) is 0 Å². The van der Waals surface area contributed by atoms with Crippen molar-refractivity contribution in [2.45, 2.75) is 20.3 Å². The van der Waals surface area contributed by atoms with Crippen molar-refractivity contribution >= 4 is 22.4 Å². The van der Waals surface area contributed by atoms with Crippen LogP contribution in [0.15, 0.2) is 83.5 Å². The lowest BCUT2D eigenvalue weighted by atomic mass is 9.99. The molecule has 1 aromatic heterocycles. The van der Waals surface area contributed by atoms with Gasteiger partial charge in [-0.3, -0.25) is 4.79 Å². The molecule has 1 amide bonds. The molecule has 5 nitrogen and oxygen atoms in total. The highest BCUT2D eigenvalue weighted by Gasteiger charge is 2.15. The van der Waals surface area contributed by atoms with Crippen molar-refractivity contribution in [1.29, 1.82) is 0 Å². The fourth-order valence-corrected chi connectivity index (χ4v) is 3.93. The van der Waals surface area contributed by atoms with E-state index in [-0.39, 0.29) is 5.91 Å². The van der Waals surface area contributed by atoms with Gasteiger partial charge in [-0.05, 0) is 55.2 Å². The Bertz CT molecular complexity index is 1290. The molecule has 5 heteroatoms. The minimum atomic E-state index is -0.126. The third-order valence-electron chi connectivity index (χ3n) is 5.70. The van der Waals surface area contributed by atoms with Crippen LogP contribution in [0.5, 0.6) is 11.5 Å². The van der Waals surface area contributed by atoms with Crippen LogP contribution in [0.2, 0.25) is 0 Å². The maximum absolute atomic E-state index is 12.6. The second kappa shape index (κ2) is 10.8. The fourth-order valence-electron chi connectivity index (χ4n) is 3.93. The molecule has 4 aromatic rings. The first-order chi connectivity index (χ1) is 16.6. The average molecular weight is 456 g/mol. The number of benzene rings is 3. The zero-order chi connectivity index (χ0) is 23.9. The Morgan fingerprint density at radius 2 is 1.82 bits per heavy atom. The van der Waals surface area contributed by atoms with E-state index in [4.69, 9.17) is 13.9 Å². The molecule has 0 radical (unpaired) electrons. The standard InChI is InChI=1S/C29H29NO4/c1-4-33-27-18-28-25(26(19-34-28)22-10-12-23(32-3)13-11-22)17-24(27)20(2)16-29(31)30-15-14-21-8-6-5-7-9-21/h5-13,16-19H,4,14-15H2,1-3H3,(H,30,31)/b20-16+. The number of ether oxygens (including phenoxy) is 2. The van der Waals surface area contributed by atoms with Gasteiger partial charge in [0.1, 0.15) is 17.1 Å². The molecule has 0 saturated heterocycles. The highest BCUT2D eigenvalue weighted by Crippen LogP contribution is 2.37. The Hall–Kier alpha value is -3.99. The third-order valence-corrected chi connectivity index (χ3v) is 5.70. The maximum Gasteiger partial charge on any atom is 0.244 e. The highest BCUT2D eigenvalue weighted by molar-refractivity contribution is 6.00. The molecule has 0 saturated carbocycles. The lowest BCUT2D eigenvalue weighted by molar-refractivity contribution is -0.116. The minimum absolute atomic E-state index is 0.126. The van der Waals surface area contributed by atoms with Gasteiger partial charge in [-0.25, -0.2) is 0 Å². The van der Waals surface area contributed by atoms with Crippen molar-refractivity contribution in [1.82, 2.24) is 5.32 Å². The summed E-state index contributed by atoms with van der Waals surface area (Å²) in [5.41, 5.74) is 5.61. The topological polar surface area (TPSA) is 60.7 Å². The van der Waals surface area contributed by atoms with Crippen molar-refractivity contribution in [2.24, 2.45) is 0 Å². The van der Waals surface area contributed by atoms with E-state index in [1.807, 2.05) is 68.4 Å². The molecular formula is C29H29NO4. The van der Waals surface area contributed by atoms with E-state index in [0.717, 1.165) is 45.4 Å². The molecule has 0 bridgehead atoms. The molecule has 0 aliphatic rings. The summed E-state index contributed by atoms with van der Waals surface area (Å²) in [5, 5.41) is 3.94. The second-order valence-electron chi connectivity index (χ2n) is 8.01. The van der Waals surface area contributed by atoms with Gasteiger partial charge in [0.25, 0.3) is 0 Å². The number of carbonyl (C=O) groups is 1. The summed E-state index contributed by atoms with van der Waals surface area (Å²) in [4.78, 5) is 12.6. The Kier molecular flexibility index (Phi) is 7.33. The number of fused-ring (bicyclic) bond motifs is 1. The summed E-state index contributed by atoms with van der Waals surface area (Å²) in [5.74, 6) is 1.36. The maximum atomic E-state index is 12.6. The zero-order valence-corrected chi connectivity index (χ0v) is 19.8. The van der Waals surface area contributed by atoms with E-state index in [1.54, 1.807) is 19.4 Å². The quantitative estimate of drug-likeness (QED) is 0.302. The van der Waals surface area contributed by atoms with Gasteiger partial charge in [0.2, 0.25) is 5.91 Å². The van der Waals surface area contributed by atoms with Crippen molar-refractivity contribution in [3.05, 3.63) is 90.2 Å². The van der Waals surface area contributed by atoms with Crippen molar-refractivity contribution in [2.75, 3.05) is 20.3 Å². The summed E-state index contributed by atoms with van der Waals surface area (Å²) < 4.78 is 17.0. The fraction of sp³-hybridized carbons (Fsp3) is 0.207. The van der Waals surface area contributed by atoms with E-state index in [1.165, 1.54) is 5.56 Å². The Morgan fingerprint density at radius 1 is 1.06 bits per heavy atom. The average Bonchev–Trinajstić information content (AvgIpc) is 3.27. The van der Waals surface area contributed by atoms with E-state index in [0.29, 0.717) is 18.9 Å². The largest absolute Gasteiger partial charge is 0.497 e. The lowest BCUT2D eigenvalue weighted by Crippen LogP contribution is -2.23. The SMILES string of the molecule is CCOc1cc2occ(-c3ccc(OC)cc3)c2cc1/C(C)=C/C(=O)NCCc1ccccc1. The molecule has 1 heterocycles.